The third kappa shape index (κ3) is 2.95. The van der Waals surface area contributed by atoms with E-state index >= 15 is 0 Å². The number of Topliss-reactive ketones (excluding diaryl/α,β-unsaturated/α-hetero) is 1. The lowest BCUT2D eigenvalue weighted by molar-refractivity contribution is -0.129. The number of ether oxygens (including phenoxy) is 1. The number of nitrogens with one attached hydrogen (secondary N) is 1. The molecule has 1 aliphatic carbocycles. The monoisotopic (exact) mass is 356 g/mol. The van der Waals surface area contributed by atoms with Crippen molar-refractivity contribution in [3.63, 3.8) is 0 Å². The van der Waals surface area contributed by atoms with Crippen LogP contribution in [0.15, 0.2) is 24.0 Å². The van der Waals surface area contributed by atoms with Crippen LogP contribution >= 0.6 is 11.3 Å². The van der Waals surface area contributed by atoms with Gasteiger partial charge in [0, 0.05) is 0 Å². The first-order chi connectivity index (χ1) is 12.0. The van der Waals surface area contributed by atoms with Crippen molar-refractivity contribution in [1.82, 2.24) is 4.98 Å². The molecule has 1 saturated carbocycles. The van der Waals surface area contributed by atoms with Gasteiger partial charge in [-0.1, -0.05) is 23.8 Å². The maximum absolute atomic E-state index is 12.6. The molecule has 0 saturated heterocycles. The summed E-state index contributed by atoms with van der Waals surface area (Å²) in [6, 6.07) is 4.12. The molecule has 2 aromatic rings. The van der Waals surface area contributed by atoms with E-state index in [2.05, 4.69) is 22.4 Å². The zero-order valence-corrected chi connectivity index (χ0v) is 15.1. The summed E-state index contributed by atoms with van der Waals surface area (Å²) in [5.41, 5.74) is 3.23. The largest absolute Gasteiger partial charge is 0.496 e. The molecule has 1 aromatic carbocycles. The Kier molecular flexibility index (Phi) is 4.07. The lowest BCUT2D eigenvalue weighted by Gasteiger charge is -2.33. The molecule has 1 aliphatic heterocycles. The first kappa shape index (κ1) is 16.3. The van der Waals surface area contributed by atoms with E-state index in [1.807, 2.05) is 13.8 Å². The lowest BCUT2D eigenvalue weighted by Crippen LogP contribution is -2.39. The molecule has 130 valence electrons. The number of nitrogens with zero attached hydrogens (tertiary/aromatic N) is 1. The summed E-state index contributed by atoms with van der Waals surface area (Å²) >= 11 is 1.42. The summed E-state index contributed by atoms with van der Waals surface area (Å²) in [4.78, 5) is 29.7. The average molecular weight is 356 g/mol. The van der Waals surface area contributed by atoms with E-state index in [4.69, 9.17) is 4.74 Å². The van der Waals surface area contributed by atoms with Crippen LogP contribution in [0.4, 0.5) is 5.13 Å². The van der Waals surface area contributed by atoms with Crippen LogP contribution in [-0.2, 0) is 14.3 Å². The third-order valence-electron chi connectivity index (χ3n) is 4.96. The molecule has 4 rings (SSSR count). The van der Waals surface area contributed by atoms with Crippen LogP contribution in [0.2, 0.25) is 0 Å². The molecule has 2 heterocycles. The van der Waals surface area contributed by atoms with Gasteiger partial charge in [-0.3, -0.25) is 14.9 Å². The number of aromatic nitrogens is 1. The minimum Gasteiger partial charge on any atom is -0.496 e. The normalized spacial score (nSPS) is 23.0. The third-order valence-corrected chi connectivity index (χ3v) is 5.88. The maximum atomic E-state index is 12.6. The highest BCUT2D eigenvalue weighted by Gasteiger charge is 2.39. The smallest absolute Gasteiger partial charge is 0.264 e. The topological polar surface area (TPSA) is 68.3 Å². The molecule has 1 N–H and O–H groups in total. The van der Waals surface area contributed by atoms with Crippen molar-refractivity contribution < 1.29 is 14.3 Å². The number of rotatable bonds is 2. The van der Waals surface area contributed by atoms with Gasteiger partial charge in [0.25, 0.3) is 5.91 Å². The van der Waals surface area contributed by atoms with Crippen molar-refractivity contribution in [2.24, 2.45) is 5.92 Å². The number of fused-ring (bicyclic) bond motifs is 2. The van der Waals surface area contributed by atoms with Crippen molar-refractivity contribution in [2.75, 3.05) is 5.32 Å². The van der Waals surface area contributed by atoms with Crippen molar-refractivity contribution in [3.8, 4) is 0 Å². The van der Waals surface area contributed by atoms with Gasteiger partial charge in [0.2, 0.25) is 0 Å². The van der Waals surface area contributed by atoms with Crippen LogP contribution in [0.25, 0.3) is 10.2 Å². The van der Waals surface area contributed by atoms with Crippen LogP contribution in [-0.4, -0.2) is 22.8 Å². The van der Waals surface area contributed by atoms with Crippen LogP contribution in [0.1, 0.15) is 36.8 Å². The molecule has 25 heavy (non-hydrogen) atoms. The van der Waals surface area contributed by atoms with Crippen LogP contribution < -0.4 is 5.32 Å². The molecular formula is C19H20N2O3S. The number of anilines is 1. The lowest BCUT2D eigenvalue weighted by atomic mass is 9.80. The second-order valence-corrected chi connectivity index (χ2v) is 7.89. The van der Waals surface area contributed by atoms with Gasteiger partial charge < -0.3 is 4.74 Å². The molecule has 2 atom stereocenters. The van der Waals surface area contributed by atoms with Crippen LogP contribution in [0.5, 0.6) is 0 Å². The van der Waals surface area contributed by atoms with Crippen molar-refractivity contribution in [3.05, 3.63) is 35.1 Å². The number of carbonyl (C=O) groups excluding carboxylic acids is 2. The Hall–Kier alpha value is -2.21. The fourth-order valence-electron chi connectivity index (χ4n) is 3.73. The Balaban J connectivity index is 1.57. The number of thiazole rings is 1. The average Bonchev–Trinajstić information content (AvgIpc) is 2.98. The van der Waals surface area contributed by atoms with E-state index in [1.54, 1.807) is 0 Å². The van der Waals surface area contributed by atoms with Crippen LogP contribution in [0.3, 0.4) is 0 Å². The van der Waals surface area contributed by atoms with Crippen molar-refractivity contribution >= 4 is 38.4 Å². The number of carbonyl (C=O) groups is 2. The number of aryl methyl sites for hydroxylation is 2. The Labute approximate surface area is 150 Å². The van der Waals surface area contributed by atoms with E-state index in [9.17, 15) is 9.59 Å². The number of benzene rings is 1. The van der Waals surface area contributed by atoms with Gasteiger partial charge in [-0.2, -0.15) is 0 Å². The predicted octanol–water partition coefficient (Wildman–Crippen LogP) is 3.89. The number of hydrogen-bond acceptors (Lipinski definition) is 5. The summed E-state index contributed by atoms with van der Waals surface area (Å²) in [7, 11) is 0. The Morgan fingerprint density at radius 3 is 2.92 bits per heavy atom. The minimum atomic E-state index is -0.428. The minimum absolute atomic E-state index is 0.0640. The van der Waals surface area contributed by atoms with Gasteiger partial charge in [0.05, 0.1) is 22.4 Å². The maximum Gasteiger partial charge on any atom is 0.264 e. The van der Waals surface area contributed by atoms with Gasteiger partial charge >= 0.3 is 0 Å². The Bertz CT molecular complexity index is 899. The standard InChI is InChI=1S/C19H20N2O3S/c1-10-7-11(2)16-15(8-10)25-19(20-16)21-18(23)13-9-24-14-6-4-3-5-12(14)17(13)22/h7-9,12,14H,3-6H2,1-2H3,(H,20,21,23). The number of hydrogen-bond donors (Lipinski definition) is 1. The molecule has 0 bridgehead atoms. The molecular weight excluding hydrogens is 336 g/mol. The molecule has 1 aromatic heterocycles. The molecule has 6 heteroatoms. The fourth-order valence-corrected chi connectivity index (χ4v) is 4.76. The van der Waals surface area contributed by atoms with Gasteiger partial charge in [-0.05, 0) is 50.3 Å². The summed E-state index contributed by atoms with van der Waals surface area (Å²) in [5, 5.41) is 3.28. The van der Waals surface area contributed by atoms with E-state index < -0.39 is 5.91 Å². The summed E-state index contributed by atoms with van der Waals surface area (Å²) in [6.07, 6.45) is 5.06. The summed E-state index contributed by atoms with van der Waals surface area (Å²) in [6.45, 7) is 4.04. The quantitative estimate of drug-likeness (QED) is 0.829. The van der Waals surface area contributed by atoms with Gasteiger partial charge in [-0.25, -0.2) is 4.98 Å². The summed E-state index contributed by atoms with van der Waals surface area (Å²) < 4.78 is 6.68. The SMILES string of the molecule is Cc1cc(C)c2nc(NC(=O)C3=COC4CCCCC4C3=O)sc2c1. The van der Waals surface area contributed by atoms with Crippen LogP contribution in [0, 0.1) is 19.8 Å². The predicted molar refractivity (Wildman–Crippen MR) is 97.6 cm³/mol. The first-order valence-electron chi connectivity index (χ1n) is 8.62. The van der Waals surface area contributed by atoms with Gasteiger partial charge in [-0.15, -0.1) is 0 Å². The second kappa shape index (κ2) is 6.26. The molecule has 1 amide bonds. The zero-order chi connectivity index (χ0) is 17.6. The first-order valence-corrected chi connectivity index (χ1v) is 9.43. The highest BCUT2D eigenvalue weighted by molar-refractivity contribution is 7.22. The number of ketones is 1. The second-order valence-electron chi connectivity index (χ2n) is 6.86. The highest BCUT2D eigenvalue weighted by Crippen LogP contribution is 2.34. The van der Waals surface area contributed by atoms with E-state index in [1.165, 1.54) is 17.6 Å². The van der Waals surface area contributed by atoms with E-state index in [0.29, 0.717) is 5.13 Å². The molecule has 2 aliphatic rings. The molecule has 5 nitrogen and oxygen atoms in total. The zero-order valence-electron chi connectivity index (χ0n) is 14.3. The van der Waals surface area contributed by atoms with Gasteiger partial charge in [0.1, 0.15) is 11.7 Å². The molecule has 0 radical (unpaired) electrons. The van der Waals surface area contributed by atoms with Crippen molar-refractivity contribution in [2.45, 2.75) is 45.6 Å². The highest BCUT2D eigenvalue weighted by atomic mass is 32.1. The fraction of sp³-hybridized carbons (Fsp3) is 0.421. The Morgan fingerprint density at radius 2 is 2.08 bits per heavy atom. The van der Waals surface area contributed by atoms with E-state index in [0.717, 1.165) is 47.0 Å². The van der Waals surface area contributed by atoms with Crippen molar-refractivity contribution in [1.29, 1.82) is 0 Å². The number of amides is 1. The molecule has 1 fully saturated rings. The Morgan fingerprint density at radius 1 is 1.28 bits per heavy atom. The van der Waals surface area contributed by atoms with Gasteiger partial charge in [0.15, 0.2) is 10.9 Å². The molecule has 0 spiro atoms. The summed E-state index contributed by atoms with van der Waals surface area (Å²) in [5.74, 6) is -0.705. The molecule has 2 unspecified atom stereocenters. The van der Waals surface area contributed by atoms with E-state index in [-0.39, 0.29) is 23.4 Å².